The molecule has 5 aliphatic rings. The molecule has 0 spiro atoms. The van der Waals surface area contributed by atoms with E-state index in [0.29, 0.717) is 16.0 Å². The van der Waals surface area contributed by atoms with Gasteiger partial charge >= 0.3 is 0 Å². The summed E-state index contributed by atoms with van der Waals surface area (Å²) in [6, 6.07) is 5.90. The molecule has 158 valence electrons. The maximum atomic E-state index is 12.9. The summed E-state index contributed by atoms with van der Waals surface area (Å²) in [6.07, 6.45) is 10.9. The lowest BCUT2D eigenvalue weighted by molar-refractivity contribution is -0.0564. The van der Waals surface area contributed by atoms with Crippen LogP contribution in [-0.2, 0) is 0 Å². The van der Waals surface area contributed by atoms with Gasteiger partial charge in [0.25, 0.3) is 5.91 Å². The normalized spacial score (nSPS) is 33.6. The maximum absolute atomic E-state index is 12.9. The standard InChI is InChI=1S/C24H34ClN3O/c25-22-3-2-20(28-8-1-5-26-7-9-28)13-21(22)23(29)27-6-4-24-14-17-10-18(15-24)12-19(11-17)16-24/h2-3,13,17-19,26H,1,4-12,14-16H2,(H,27,29). The van der Waals surface area contributed by atoms with E-state index >= 15 is 0 Å². The van der Waals surface area contributed by atoms with E-state index in [2.05, 4.69) is 15.5 Å². The zero-order valence-electron chi connectivity index (χ0n) is 17.4. The molecular weight excluding hydrogens is 382 g/mol. The molecule has 0 radical (unpaired) electrons. The number of nitrogens with one attached hydrogen (secondary N) is 2. The van der Waals surface area contributed by atoms with Gasteiger partial charge in [0, 0.05) is 31.9 Å². The second kappa shape index (κ2) is 8.11. The first kappa shape index (κ1) is 19.7. The average molecular weight is 416 g/mol. The van der Waals surface area contributed by atoms with Gasteiger partial charge < -0.3 is 15.5 Å². The van der Waals surface area contributed by atoms with Gasteiger partial charge in [-0.1, -0.05) is 11.6 Å². The van der Waals surface area contributed by atoms with Crippen LogP contribution in [0.2, 0.25) is 5.02 Å². The van der Waals surface area contributed by atoms with Crippen LogP contribution in [0.4, 0.5) is 5.69 Å². The predicted octanol–water partition coefficient (Wildman–Crippen LogP) is 4.48. The minimum atomic E-state index is -0.0190. The molecular formula is C24H34ClN3O. The van der Waals surface area contributed by atoms with E-state index in [1.807, 2.05) is 18.2 Å². The summed E-state index contributed by atoms with van der Waals surface area (Å²) in [5, 5.41) is 7.18. The second-order valence-corrected chi connectivity index (χ2v) is 10.6. The van der Waals surface area contributed by atoms with Crippen LogP contribution in [0.15, 0.2) is 18.2 Å². The lowest BCUT2D eigenvalue weighted by atomic mass is 9.49. The Morgan fingerprint density at radius 2 is 1.83 bits per heavy atom. The molecule has 4 aliphatic carbocycles. The third-order valence-corrected chi connectivity index (χ3v) is 8.34. The number of amides is 1. The number of anilines is 1. The molecule has 1 heterocycles. The number of carbonyl (C=O) groups is 1. The van der Waals surface area contributed by atoms with Crippen molar-refractivity contribution in [3.05, 3.63) is 28.8 Å². The molecule has 5 heteroatoms. The lowest BCUT2D eigenvalue weighted by Crippen LogP contribution is -2.47. The lowest BCUT2D eigenvalue weighted by Gasteiger charge is -2.57. The number of rotatable bonds is 5. The number of benzene rings is 1. The van der Waals surface area contributed by atoms with Crippen molar-refractivity contribution in [2.24, 2.45) is 23.2 Å². The van der Waals surface area contributed by atoms with Gasteiger partial charge in [-0.2, -0.15) is 0 Å². The molecule has 4 saturated carbocycles. The van der Waals surface area contributed by atoms with E-state index in [1.165, 1.54) is 38.5 Å². The molecule has 1 aliphatic heterocycles. The van der Waals surface area contributed by atoms with Gasteiger partial charge in [-0.15, -0.1) is 0 Å². The first-order valence-corrected chi connectivity index (χ1v) is 12.0. The van der Waals surface area contributed by atoms with Crippen LogP contribution in [0.1, 0.15) is 61.7 Å². The van der Waals surface area contributed by atoms with Gasteiger partial charge in [0.15, 0.2) is 0 Å². The van der Waals surface area contributed by atoms with Gasteiger partial charge in [0.2, 0.25) is 0 Å². The highest BCUT2D eigenvalue weighted by molar-refractivity contribution is 6.34. The van der Waals surface area contributed by atoms with Crippen LogP contribution in [0.3, 0.4) is 0 Å². The van der Waals surface area contributed by atoms with Gasteiger partial charge in [-0.3, -0.25) is 4.79 Å². The van der Waals surface area contributed by atoms with Crippen molar-refractivity contribution in [2.75, 3.05) is 37.6 Å². The Morgan fingerprint density at radius 3 is 2.55 bits per heavy atom. The first-order chi connectivity index (χ1) is 14.1. The van der Waals surface area contributed by atoms with Gasteiger partial charge in [0.1, 0.15) is 0 Å². The van der Waals surface area contributed by atoms with Crippen molar-refractivity contribution in [3.63, 3.8) is 0 Å². The van der Waals surface area contributed by atoms with Crippen molar-refractivity contribution in [1.82, 2.24) is 10.6 Å². The largest absolute Gasteiger partial charge is 0.370 e. The molecule has 6 rings (SSSR count). The molecule has 0 unspecified atom stereocenters. The van der Waals surface area contributed by atoms with Crippen LogP contribution in [0.25, 0.3) is 0 Å². The predicted molar refractivity (Wildman–Crippen MR) is 119 cm³/mol. The summed E-state index contributed by atoms with van der Waals surface area (Å²) >= 11 is 6.41. The SMILES string of the molecule is O=C(NCCC12CC3CC(CC(C3)C1)C2)c1cc(N2CCCNCC2)ccc1Cl. The molecule has 29 heavy (non-hydrogen) atoms. The molecule has 1 saturated heterocycles. The van der Waals surface area contributed by atoms with Crippen molar-refractivity contribution in [1.29, 1.82) is 0 Å². The monoisotopic (exact) mass is 415 g/mol. The van der Waals surface area contributed by atoms with Crippen LogP contribution in [-0.4, -0.2) is 38.6 Å². The van der Waals surface area contributed by atoms with Crippen molar-refractivity contribution < 1.29 is 4.79 Å². The van der Waals surface area contributed by atoms with Crippen LogP contribution < -0.4 is 15.5 Å². The number of hydrogen-bond acceptors (Lipinski definition) is 3. The number of carbonyl (C=O) groups excluding carboxylic acids is 1. The Hall–Kier alpha value is -1.26. The fraction of sp³-hybridized carbons (Fsp3) is 0.708. The van der Waals surface area contributed by atoms with Crippen molar-refractivity contribution in [2.45, 2.75) is 51.4 Å². The zero-order chi connectivity index (χ0) is 19.8. The average Bonchev–Trinajstić information content (AvgIpc) is 2.96. The van der Waals surface area contributed by atoms with Crippen LogP contribution >= 0.6 is 11.6 Å². The Balaban J connectivity index is 1.21. The van der Waals surface area contributed by atoms with E-state index in [4.69, 9.17) is 11.6 Å². The highest BCUT2D eigenvalue weighted by Gasteiger charge is 2.50. The maximum Gasteiger partial charge on any atom is 0.252 e. The summed E-state index contributed by atoms with van der Waals surface area (Å²) in [7, 11) is 0. The summed E-state index contributed by atoms with van der Waals surface area (Å²) in [4.78, 5) is 15.3. The third-order valence-electron chi connectivity index (χ3n) is 8.01. The summed E-state index contributed by atoms with van der Waals surface area (Å²) in [6.45, 7) is 4.80. The van der Waals surface area contributed by atoms with E-state index in [0.717, 1.165) is 69.0 Å². The minimum Gasteiger partial charge on any atom is -0.370 e. The van der Waals surface area contributed by atoms with Crippen molar-refractivity contribution in [3.8, 4) is 0 Å². The van der Waals surface area contributed by atoms with Crippen molar-refractivity contribution >= 4 is 23.2 Å². The highest BCUT2D eigenvalue weighted by Crippen LogP contribution is 2.61. The second-order valence-electron chi connectivity index (χ2n) is 10.2. The minimum absolute atomic E-state index is 0.0190. The molecule has 0 aromatic heterocycles. The van der Waals surface area contributed by atoms with E-state index < -0.39 is 0 Å². The molecule has 5 fully saturated rings. The summed E-state index contributed by atoms with van der Waals surface area (Å²) < 4.78 is 0. The van der Waals surface area contributed by atoms with E-state index in [9.17, 15) is 4.79 Å². The van der Waals surface area contributed by atoms with Gasteiger partial charge in [-0.05, 0) is 99.3 Å². The van der Waals surface area contributed by atoms with Crippen LogP contribution in [0, 0.1) is 23.2 Å². The smallest absolute Gasteiger partial charge is 0.252 e. The molecule has 4 bridgehead atoms. The fourth-order valence-corrected chi connectivity index (χ4v) is 7.32. The summed E-state index contributed by atoms with van der Waals surface area (Å²) in [5.74, 6) is 2.87. The summed E-state index contributed by atoms with van der Waals surface area (Å²) in [5.41, 5.74) is 2.23. The Kier molecular flexibility index (Phi) is 5.51. The Morgan fingerprint density at radius 1 is 1.10 bits per heavy atom. The topological polar surface area (TPSA) is 44.4 Å². The number of hydrogen-bond donors (Lipinski definition) is 2. The number of halogens is 1. The molecule has 1 amide bonds. The van der Waals surface area contributed by atoms with Gasteiger partial charge in [-0.25, -0.2) is 0 Å². The molecule has 1 aromatic rings. The quantitative estimate of drug-likeness (QED) is 0.745. The molecule has 1 aromatic carbocycles. The Bertz CT molecular complexity index is 721. The van der Waals surface area contributed by atoms with Crippen LogP contribution in [0.5, 0.6) is 0 Å². The molecule has 2 N–H and O–H groups in total. The Labute approximate surface area is 179 Å². The first-order valence-electron chi connectivity index (χ1n) is 11.6. The molecule has 4 nitrogen and oxygen atoms in total. The third kappa shape index (κ3) is 4.16. The fourth-order valence-electron chi connectivity index (χ4n) is 7.12. The molecule has 0 atom stereocenters. The van der Waals surface area contributed by atoms with E-state index in [-0.39, 0.29) is 5.91 Å². The number of nitrogens with zero attached hydrogens (tertiary/aromatic N) is 1. The highest BCUT2D eigenvalue weighted by atomic mass is 35.5. The zero-order valence-corrected chi connectivity index (χ0v) is 18.1. The van der Waals surface area contributed by atoms with Gasteiger partial charge in [0.05, 0.1) is 10.6 Å². The van der Waals surface area contributed by atoms with E-state index in [1.54, 1.807) is 0 Å².